The summed E-state index contributed by atoms with van der Waals surface area (Å²) >= 11 is 3.46. The zero-order valence-electron chi connectivity index (χ0n) is 54.5. The van der Waals surface area contributed by atoms with Crippen molar-refractivity contribution in [2.24, 2.45) is 0 Å². The molecule has 0 atom stereocenters. The minimum absolute atomic E-state index is 0.589. The van der Waals surface area contributed by atoms with Crippen LogP contribution in [-0.4, -0.2) is 49.0 Å². The van der Waals surface area contributed by atoms with Crippen molar-refractivity contribution in [2.75, 3.05) is 0 Å². The van der Waals surface area contributed by atoms with Crippen molar-refractivity contribution in [1.29, 1.82) is 0 Å². The van der Waals surface area contributed by atoms with Crippen LogP contribution in [-0.2, 0) is 0 Å². The Hall–Kier alpha value is -13.3. The van der Waals surface area contributed by atoms with Gasteiger partial charge in [0.05, 0.1) is 42.5 Å². The Kier molecular flexibility index (Phi) is 14.0. The summed E-state index contributed by atoms with van der Waals surface area (Å²) in [7, 11) is 0. The van der Waals surface area contributed by atoms with Crippen molar-refractivity contribution in [3.63, 3.8) is 0 Å². The number of nitrogens with zero attached hydrogens (tertiary/aromatic N) is 10. The van der Waals surface area contributed by atoms with Crippen LogP contribution in [0.3, 0.4) is 0 Å². The third-order valence-corrected chi connectivity index (χ3v) is 21.4. The first-order valence-electron chi connectivity index (χ1n) is 33.9. The molecule has 0 bridgehead atoms. The van der Waals surface area contributed by atoms with Crippen LogP contribution in [0.15, 0.2) is 328 Å². The minimum Gasteiger partial charge on any atom is -0.309 e. The molecule has 0 saturated heterocycles. The highest BCUT2D eigenvalue weighted by molar-refractivity contribution is 7.22. The van der Waals surface area contributed by atoms with Gasteiger partial charge in [-0.1, -0.05) is 243 Å². The van der Waals surface area contributed by atoms with E-state index in [1.165, 1.54) is 15.5 Å². The average Bonchev–Trinajstić information content (AvgIpc) is 1.58. The molecule has 0 aliphatic carbocycles. The maximum atomic E-state index is 5.45. The summed E-state index contributed by atoms with van der Waals surface area (Å²) in [5, 5.41) is 8.88. The van der Waals surface area contributed by atoms with Crippen molar-refractivity contribution in [2.45, 2.75) is 0 Å². The fourth-order valence-electron chi connectivity index (χ4n) is 14.4. The van der Waals surface area contributed by atoms with E-state index in [0.29, 0.717) is 34.9 Å². The van der Waals surface area contributed by atoms with E-state index >= 15 is 0 Å². The van der Waals surface area contributed by atoms with Gasteiger partial charge in [-0.25, -0.2) is 39.9 Å². The number of para-hydroxylation sites is 3. The van der Waals surface area contributed by atoms with Gasteiger partial charge in [-0.3, -0.25) is 0 Å². The number of thiazole rings is 2. The number of benzene rings is 14. The van der Waals surface area contributed by atoms with E-state index in [-0.39, 0.29) is 0 Å². The Morgan fingerprint density at radius 3 is 1.19 bits per heavy atom. The second-order valence-electron chi connectivity index (χ2n) is 25.5. The lowest BCUT2D eigenvalue weighted by molar-refractivity contribution is 1.07. The maximum absolute atomic E-state index is 5.45. The lowest BCUT2D eigenvalue weighted by Gasteiger charge is -2.12. The normalized spacial score (nSPS) is 11.7. The second-order valence-corrected chi connectivity index (χ2v) is 27.5. The first kappa shape index (κ1) is 58.9. The molecule has 0 amide bonds. The molecule has 476 valence electrons. The molecule has 102 heavy (non-hydrogen) atoms. The Balaban J connectivity index is 0.609. The molecule has 12 heteroatoms. The van der Waals surface area contributed by atoms with Crippen LogP contribution in [0.5, 0.6) is 0 Å². The fraction of sp³-hybridized carbons (Fsp3) is 0. The molecule has 0 N–H and O–H groups in total. The number of fused-ring (bicyclic) bond motifs is 9. The summed E-state index contributed by atoms with van der Waals surface area (Å²) in [6, 6.07) is 115. The summed E-state index contributed by atoms with van der Waals surface area (Å²) in [6.07, 6.45) is 0. The van der Waals surface area contributed by atoms with Crippen LogP contribution in [0.1, 0.15) is 0 Å². The lowest BCUT2D eigenvalue weighted by atomic mass is 10.0. The van der Waals surface area contributed by atoms with E-state index in [9.17, 15) is 0 Å². The Morgan fingerprint density at radius 1 is 0.216 bits per heavy atom. The highest BCUT2D eigenvalue weighted by Gasteiger charge is 2.23. The highest BCUT2D eigenvalue weighted by Crippen LogP contribution is 2.45. The van der Waals surface area contributed by atoms with Gasteiger partial charge in [-0.05, 0) is 118 Å². The minimum atomic E-state index is 0.589. The summed E-state index contributed by atoms with van der Waals surface area (Å²) < 4.78 is 7.06. The van der Waals surface area contributed by atoms with Crippen molar-refractivity contribution in [3.05, 3.63) is 328 Å². The zero-order valence-corrected chi connectivity index (χ0v) is 56.1. The van der Waals surface area contributed by atoms with Crippen LogP contribution in [0, 0.1) is 0 Å². The van der Waals surface area contributed by atoms with Gasteiger partial charge in [0.15, 0.2) is 34.9 Å². The van der Waals surface area contributed by atoms with Crippen LogP contribution < -0.4 is 0 Å². The molecule has 0 saturated carbocycles. The highest BCUT2D eigenvalue weighted by atomic mass is 32.1. The Morgan fingerprint density at radius 2 is 0.598 bits per heavy atom. The number of rotatable bonds is 12. The molecule has 0 aliphatic rings. The molecule has 0 fully saturated rings. The summed E-state index contributed by atoms with van der Waals surface area (Å²) in [5.74, 6) is 3.68. The fourth-order valence-corrected chi connectivity index (χ4v) is 16.4. The van der Waals surface area contributed by atoms with E-state index in [4.69, 9.17) is 39.9 Å². The van der Waals surface area contributed by atoms with Gasteiger partial charge < -0.3 is 9.13 Å². The largest absolute Gasteiger partial charge is 0.309 e. The molecular weight excluding hydrogens is 1290 g/mol. The van der Waals surface area contributed by atoms with Crippen molar-refractivity contribution in [3.8, 4) is 123 Å². The van der Waals surface area contributed by atoms with Gasteiger partial charge in [0.25, 0.3) is 0 Å². The molecule has 14 aromatic carbocycles. The number of aromatic nitrogens is 10. The first-order chi connectivity index (χ1) is 50.5. The van der Waals surface area contributed by atoms with Crippen LogP contribution >= 0.6 is 22.7 Å². The van der Waals surface area contributed by atoms with E-state index < -0.39 is 0 Å². The number of hydrogen-bond acceptors (Lipinski definition) is 10. The first-order valence-corrected chi connectivity index (χ1v) is 35.5. The van der Waals surface area contributed by atoms with Crippen molar-refractivity contribution in [1.82, 2.24) is 49.0 Å². The maximum Gasteiger partial charge on any atom is 0.164 e. The molecule has 0 spiro atoms. The molecule has 6 aromatic heterocycles. The Labute approximate surface area is 593 Å². The lowest BCUT2D eigenvalue weighted by Crippen LogP contribution is -2.00. The molecule has 20 rings (SSSR count). The van der Waals surface area contributed by atoms with Crippen LogP contribution in [0.2, 0.25) is 0 Å². The smallest absolute Gasteiger partial charge is 0.164 e. The van der Waals surface area contributed by atoms with Gasteiger partial charge in [0, 0.05) is 77.4 Å². The van der Waals surface area contributed by atoms with Gasteiger partial charge in [-0.2, -0.15) is 0 Å². The summed E-state index contributed by atoms with van der Waals surface area (Å²) in [5.41, 5.74) is 20.6. The molecule has 6 heterocycles. The van der Waals surface area contributed by atoms with E-state index in [1.807, 2.05) is 78.9 Å². The van der Waals surface area contributed by atoms with Crippen LogP contribution in [0.25, 0.3) is 198 Å². The van der Waals surface area contributed by atoms with Crippen molar-refractivity contribution >= 4 is 97.5 Å². The average molecular weight is 1340 g/mol. The van der Waals surface area contributed by atoms with Crippen molar-refractivity contribution < 1.29 is 0 Å². The predicted octanol–water partition coefficient (Wildman–Crippen LogP) is 23.3. The summed E-state index contributed by atoms with van der Waals surface area (Å²) in [6.45, 7) is 0. The van der Waals surface area contributed by atoms with Crippen LogP contribution in [0.4, 0.5) is 0 Å². The predicted molar refractivity (Wildman–Crippen MR) is 420 cm³/mol. The van der Waals surface area contributed by atoms with Gasteiger partial charge in [0.2, 0.25) is 0 Å². The molecule has 10 nitrogen and oxygen atoms in total. The molecule has 0 aliphatic heterocycles. The molecular formula is C90H54N10S2. The molecule has 20 aromatic rings. The van der Waals surface area contributed by atoms with Gasteiger partial charge in [-0.15, -0.1) is 22.7 Å². The quantitative estimate of drug-likeness (QED) is 0.119. The third kappa shape index (κ3) is 10.3. The second kappa shape index (κ2) is 24.3. The van der Waals surface area contributed by atoms with E-state index in [0.717, 1.165) is 147 Å². The van der Waals surface area contributed by atoms with E-state index in [1.54, 1.807) is 22.7 Å². The molecule has 0 radical (unpaired) electrons. The summed E-state index contributed by atoms with van der Waals surface area (Å²) in [4.78, 5) is 41.1. The van der Waals surface area contributed by atoms with Gasteiger partial charge in [0.1, 0.15) is 10.0 Å². The molecule has 0 unspecified atom stereocenters. The SMILES string of the molecule is c1ccc(-c2nc(-c3ccccc3)nc(-c3ccc(-c4cccc(-n5c6ccccc6c6c(-c7nc8cc(-c9cccc(-c%10nc(-c%11ccccc%11)nc(-c%11ccc%12cc(-n%13c%14ccccc%14c%14c(-c%15nc%16ccccc%16s%15)cccc%14%13)ccc%12c%11)n%10)c9)ccc8s7)cccc65)c4)cc3)n2)cc1. The van der Waals surface area contributed by atoms with Gasteiger partial charge >= 0.3 is 0 Å². The zero-order chi connectivity index (χ0) is 67.2. The Bertz CT molecular complexity index is 6610. The topological polar surface area (TPSA) is 113 Å². The third-order valence-electron chi connectivity index (χ3n) is 19.3. The number of hydrogen-bond donors (Lipinski definition) is 0. The standard InChI is InChI=1S/C90H54N10S2/c1-4-20-56(21-5-1)83-93-84(57-22-6-2-7-23-57)95-86(94-83)59-42-40-55(41-43-59)61-27-17-29-67(52-61)99-75-35-13-10-30-69(75)82-72(33-19-37-77(82)99)90-92-74-54-64(47-49-80(74)102-90)60-26-16-28-65(50-60)87-96-85(58-24-8-3-9-25-58)97-88(98-87)66-45-44-63-53-68(48-46-62(63)51-66)100-76-36-14-11-31-70(76)81-71(32-18-38-78(81)100)89-91-73-34-12-15-39-79(73)101-89/h1-54H. The monoisotopic (exact) mass is 1340 g/mol. The van der Waals surface area contributed by atoms with E-state index in [2.05, 4.69) is 258 Å².